The lowest BCUT2D eigenvalue weighted by Gasteiger charge is -2.35. The van der Waals surface area contributed by atoms with Crippen molar-refractivity contribution in [2.24, 2.45) is 0 Å². The van der Waals surface area contributed by atoms with E-state index < -0.39 is 11.7 Å². The standard InChI is InChI=1S/C18H19F3N4O/c19-18(20,21)14-3-5-15(6-4-14)24-17(26)12-25-9-8-23-11-16(25)13-2-1-7-22-10-13/h1-7,10,16,23H,8-9,11-12H2,(H,24,26). The van der Waals surface area contributed by atoms with Crippen LogP contribution in [-0.4, -0.2) is 42.0 Å². The molecule has 1 aliphatic rings. The van der Waals surface area contributed by atoms with Gasteiger partial charge in [-0.05, 0) is 35.9 Å². The highest BCUT2D eigenvalue weighted by atomic mass is 19.4. The zero-order valence-corrected chi connectivity index (χ0v) is 14.0. The maximum absolute atomic E-state index is 12.6. The number of rotatable bonds is 4. The minimum Gasteiger partial charge on any atom is -0.325 e. The van der Waals surface area contributed by atoms with E-state index in [1.807, 2.05) is 17.0 Å². The molecule has 2 heterocycles. The summed E-state index contributed by atoms with van der Waals surface area (Å²) >= 11 is 0. The zero-order chi connectivity index (χ0) is 18.6. The van der Waals surface area contributed by atoms with Crippen molar-refractivity contribution in [1.82, 2.24) is 15.2 Å². The lowest BCUT2D eigenvalue weighted by atomic mass is 10.1. The van der Waals surface area contributed by atoms with Gasteiger partial charge in [0.05, 0.1) is 12.1 Å². The molecule has 0 aliphatic carbocycles. The van der Waals surface area contributed by atoms with E-state index in [9.17, 15) is 18.0 Å². The molecule has 1 fully saturated rings. The summed E-state index contributed by atoms with van der Waals surface area (Å²) in [6.45, 7) is 2.33. The molecule has 0 saturated carbocycles. The van der Waals surface area contributed by atoms with Gasteiger partial charge in [-0.25, -0.2) is 0 Å². The Balaban J connectivity index is 1.63. The number of aromatic nitrogens is 1. The Hall–Kier alpha value is -2.45. The van der Waals surface area contributed by atoms with Crippen LogP contribution in [0.5, 0.6) is 0 Å². The fraction of sp³-hybridized carbons (Fsp3) is 0.333. The maximum atomic E-state index is 12.6. The smallest absolute Gasteiger partial charge is 0.325 e. The topological polar surface area (TPSA) is 57.3 Å². The molecule has 0 radical (unpaired) electrons. The monoisotopic (exact) mass is 364 g/mol. The highest BCUT2D eigenvalue weighted by Crippen LogP contribution is 2.29. The van der Waals surface area contributed by atoms with Crippen LogP contribution in [0.1, 0.15) is 17.2 Å². The molecule has 8 heteroatoms. The quantitative estimate of drug-likeness (QED) is 0.876. The largest absolute Gasteiger partial charge is 0.416 e. The summed E-state index contributed by atoms with van der Waals surface area (Å²) < 4.78 is 37.8. The van der Waals surface area contributed by atoms with Crippen molar-refractivity contribution in [1.29, 1.82) is 0 Å². The molecule has 1 saturated heterocycles. The van der Waals surface area contributed by atoms with Crippen LogP contribution in [0.25, 0.3) is 0 Å². The first-order valence-electron chi connectivity index (χ1n) is 8.25. The molecule has 1 unspecified atom stereocenters. The van der Waals surface area contributed by atoms with Crippen LogP contribution >= 0.6 is 0 Å². The number of anilines is 1. The number of alkyl halides is 3. The van der Waals surface area contributed by atoms with Crippen LogP contribution in [0.2, 0.25) is 0 Å². The van der Waals surface area contributed by atoms with Crippen LogP contribution < -0.4 is 10.6 Å². The van der Waals surface area contributed by atoms with E-state index in [0.717, 1.165) is 24.2 Å². The second-order valence-corrected chi connectivity index (χ2v) is 6.10. The molecule has 1 amide bonds. The molecule has 1 aromatic heterocycles. The third-order valence-corrected chi connectivity index (χ3v) is 4.27. The normalized spacial score (nSPS) is 18.5. The Morgan fingerprint density at radius 1 is 1.27 bits per heavy atom. The van der Waals surface area contributed by atoms with Crippen molar-refractivity contribution in [3.8, 4) is 0 Å². The maximum Gasteiger partial charge on any atom is 0.416 e. The number of hydrogen-bond donors (Lipinski definition) is 2. The van der Waals surface area contributed by atoms with E-state index >= 15 is 0 Å². The fourth-order valence-electron chi connectivity index (χ4n) is 2.96. The van der Waals surface area contributed by atoms with Crippen molar-refractivity contribution >= 4 is 11.6 Å². The predicted molar refractivity (Wildman–Crippen MR) is 91.5 cm³/mol. The third-order valence-electron chi connectivity index (χ3n) is 4.27. The van der Waals surface area contributed by atoms with Crippen LogP contribution in [0.3, 0.4) is 0 Å². The Bertz CT molecular complexity index is 734. The minimum absolute atomic E-state index is 0.0239. The first-order valence-corrected chi connectivity index (χ1v) is 8.25. The van der Waals surface area contributed by atoms with Gasteiger partial charge in [-0.2, -0.15) is 13.2 Å². The number of benzene rings is 1. The molecule has 1 atom stereocenters. The molecule has 5 nitrogen and oxygen atoms in total. The van der Waals surface area contributed by atoms with Gasteiger partial charge in [-0.3, -0.25) is 14.7 Å². The Labute approximate surface area is 149 Å². The summed E-state index contributed by atoms with van der Waals surface area (Å²) in [6.07, 6.45) is -0.917. The van der Waals surface area contributed by atoms with Crippen molar-refractivity contribution in [3.63, 3.8) is 0 Å². The van der Waals surface area contributed by atoms with E-state index in [0.29, 0.717) is 18.8 Å². The lowest BCUT2D eigenvalue weighted by Crippen LogP contribution is -2.48. The lowest BCUT2D eigenvalue weighted by molar-refractivity contribution is -0.137. The average molecular weight is 364 g/mol. The van der Waals surface area contributed by atoms with E-state index in [2.05, 4.69) is 15.6 Å². The number of nitrogens with zero attached hydrogens (tertiary/aromatic N) is 2. The summed E-state index contributed by atoms with van der Waals surface area (Å²) in [5.74, 6) is -0.263. The van der Waals surface area contributed by atoms with Gasteiger partial charge >= 0.3 is 6.18 Å². The Morgan fingerprint density at radius 3 is 2.69 bits per heavy atom. The zero-order valence-electron chi connectivity index (χ0n) is 14.0. The van der Waals surface area contributed by atoms with Crippen LogP contribution in [0.15, 0.2) is 48.8 Å². The molecular weight excluding hydrogens is 345 g/mol. The van der Waals surface area contributed by atoms with Gasteiger partial charge < -0.3 is 10.6 Å². The molecule has 2 aromatic rings. The van der Waals surface area contributed by atoms with E-state index in [1.165, 1.54) is 12.1 Å². The molecule has 26 heavy (non-hydrogen) atoms. The fourth-order valence-corrected chi connectivity index (χ4v) is 2.96. The van der Waals surface area contributed by atoms with Gasteiger partial charge in [0, 0.05) is 43.8 Å². The van der Waals surface area contributed by atoms with Crippen molar-refractivity contribution < 1.29 is 18.0 Å². The second-order valence-electron chi connectivity index (χ2n) is 6.10. The summed E-state index contributed by atoms with van der Waals surface area (Å²) in [5.41, 5.74) is 0.618. The second kappa shape index (κ2) is 7.84. The van der Waals surface area contributed by atoms with Gasteiger partial charge in [0.15, 0.2) is 0 Å². The minimum atomic E-state index is -4.39. The number of piperazine rings is 1. The first kappa shape index (κ1) is 18.3. The van der Waals surface area contributed by atoms with E-state index in [4.69, 9.17) is 0 Å². The molecule has 3 rings (SSSR count). The van der Waals surface area contributed by atoms with Gasteiger partial charge in [-0.15, -0.1) is 0 Å². The van der Waals surface area contributed by atoms with Crippen molar-refractivity contribution in [2.75, 3.05) is 31.5 Å². The molecule has 2 N–H and O–H groups in total. The van der Waals surface area contributed by atoms with E-state index in [1.54, 1.807) is 12.4 Å². The van der Waals surface area contributed by atoms with Gasteiger partial charge in [0.1, 0.15) is 0 Å². The number of carbonyl (C=O) groups excluding carboxylic acids is 1. The number of pyridine rings is 1. The molecular formula is C18H19F3N4O. The third kappa shape index (κ3) is 4.59. The highest BCUT2D eigenvalue weighted by molar-refractivity contribution is 5.92. The Kier molecular flexibility index (Phi) is 5.53. The summed E-state index contributed by atoms with van der Waals surface area (Å²) in [7, 11) is 0. The SMILES string of the molecule is O=C(CN1CCNCC1c1cccnc1)Nc1ccc(C(F)(F)F)cc1. The number of amides is 1. The predicted octanol–water partition coefficient (Wildman–Crippen LogP) is 2.69. The van der Waals surface area contributed by atoms with Crippen molar-refractivity contribution in [3.05, 3.63) is 59.9 Å². The van der Waals surface area contributed by atoms with Crippen LogP contribution in [0, 0.1) is 0 Å². The van der Waals surface area contributed by atoms with Crippen LogP contribution in [-0.2, 0) is 11.0 Å². The summed E-state index contributed by atoms with van der Waals surface area (Å²) in [6, 6.07) is 8.28. The molecule has 0 bridgehead atoms. The summed E-state index contributed by atoms with van der Waals surface area (Å²) in [4.78, 5) is 18.5. The van der Waals surface area contributed by atoms with Gasteiger partial charge in [-0.1, -0.05) is 6.07 Å². The van der Waals surface area contributed by atoms with Crippen molar-refractivity contribution in [2.45, 2.75) is 12.2 Å². The van der Waals surface area contributed by atoms with Gasteiger partial charge in [0.25, 0.3) is 0 Å². The highest BCUT2D eigenvalue weighted by Gasteiger charge is 2.30. The first-order chi connectivity index (χ1) is 12.4. The molecule has 0 spiro atoms. The number of halogens is 3. The average Bonchev–Trinajstić information content (AvgIpc) is 2.62. The molecule has 138 valence electrons. The van der Waals surface area contributed by atoms with E-state index in [-0.39, 0.29) is 18.5 Å². The summed E-state index contributed by atoms with van der Waals surface area (Å²) in [5, 5.41) is 5.95. The van der Waals surface area contributed by atoms with Crippen LogP contribution in [0.4, 0.5) is 18.9 Å². The number of hydrogen-bond acceptors (Lipinski definition) is 4. The van der Waals surface area contributed by atoms with Gasteiger partial charge in [0.2, 0.25) is 5.91 Å². The number of carbonyl (C=O) groups is 1. The number of nitrogens with one attached hydrogen (secondary N) is 2. The molecule has 1 aliphatic heterocycles. The Morgan fingerprint density at radius 2 is 2.04 bits per heavy atom. The molecule has 1 aromatic carbocycles.